The van der Waals surface area contributed by atoms with Crippen LogP contribution in [0.4, 0.5) is 13.2 Å². The number of rotatable bonds is 1. The van der Waals surface area contributed by atoms with E-state index >= 15 is 0 Å². The van der Waals surface area contributed by atoms with Crippen molar-refractivity contribution in [2.75, 3.05) is 0 Å². The van der Waals surface area contributed by atoms with E-state index in [1.54, 1.807) is 24.4 Å². The summed E-state index contributed by atoms with van der Waals surface area (Å²) in [6.07, 6.45) is -2.73. The molecule has 6 heteroatoms. The summed E-state index contributed by atoms with van der Waals surface area (Å²) < 4.78 is 38.4. The van der Waals surface area contributed by atoms with Gasteiger partial charge in [-0.05, 0) is 29.8 Å². The minimum absolute atomic E-state index is 0.358. The predicted molar refractivity (Wildman–Crippen MR) is 78.8 cm³/mol. The van der Waals surface area contributed by atoms with Crippen LogP contribution >= 0.6 is 23.2 Å². The lowest BCUT2D eigenvalue weighted by Crippen LogP contribution is -2.04. The van der Waals surface area contributed by atoms with Gasteiger partial charge in [-0.25, -0.2) is 0 Å². The van der Waals surface area contributed by atoms with E-state index < -0.39 is 11.7 Å². The van der Waals surface area contributed by atoms with Crippen LogP contribution in [-0.4, -0.2) is 4.98 Å². The molecule has 0 fully saturated rings. The highest BCUT2D eigenvalue weighted by molar-refractivity contribution is 6.42. The molecule has 108 valence electrons. The Labute approximate surface area is 128 Å². The van der Waals surface area contributed by atoms with E-state index in [9.17, 15) is 13.2 Å². The van der Waals surface area contributed by atoms with E-state index in [0.717, 1.165) is 23.0 Å². The van der Waals surface area contributed by atoms with Gasteiger partial charge in [-0.2, -0.15) is 13.2 Å². The highest BCUT2D eigenvalue weighted by Crippen LogP contribution is 2.36. The Morgan fingerprint density at radius 3 is 2.38 bits per heavy atom. The lowest BCUT2D eigenvalue weighted by Gasteiger charge is -2.08. The van der Waals surface area contributed by atoms with E-state index in [1.165, 1.54) is 6.07 Å². The van der Waals surface area contributed by atoms with Gasteiger partial charge < -0.3 is 4.98 Å². The van der Waals surface area contributed by atoms with Gasteiger partial charge in [0, 0.05) is 22.7 Å². The summed E-state index contributed by atoms with van der Waals surface area (Å²) in [5.41, 5.74) is 1.15. The zero-order valence-corrected chi connectivity index (χ0v) is 11.9. The van der Waals surface area contributed by atoms with E-state index in [2.05, 4.69) is 4.98 Å². The van der Waals surface area contributed by atoms with Crippen LogP contribution in [-0.2, 0) is 6.18 Å². The molecular formula is C15H8Cl2F3N. The Kier molecular flexibility index (Phi) is 3.38. The van der Waals surface area contributed by atoms with Crippen LogP contribution in [0.25, 0.3) is 22.0 Å². The standard InChI is InChI=1S/C15H8Cl2F3N/c16-12-5-10-11(7-21-14(10)6-13(12)17)8-2-1-3-9(4-8)15(18,19)20/h1-7,21H. The number of hydrogen-bond acceptors (Lipinski definition) is 0. The molecule has 21 heavy (non-hydrogen) atoms. The van der Waals surface area contributed by atoms with Crippen molar-refractivity contribution in [1.29, 1.82) is 0 Å². The molecule has 0 unspecified atom stereocenters. The fourth-order valence-electron chi connectivity index (χ4n) is 2.22. The lowest BCUT2D eigenvalue weighted by molar-refractivity contribution is -0.137. The third-order valence-corrected chi connectivity index (χ3v) is 3.95. The smallest absolute Gasteiger partial charge is 0.360 e. The number of fused-ring (bicyclic) bond motifs is 1. The number of alkyl halides is 3. The summed E-state index contributed by atoms with van der Waals surface area (Å²) in [7, 11) is 0. The first-order valence-corrected chi connectivity index (χ1v) is 6.75. The first kappa shape index (κ1) is 14.3. The number of aromatic nitrogens is 1. The SMILES string of the molecule is FC(F)(F)c1cccc(-c2c[nH]c3cc(Cl)c(Cl)cc23)c1. The van der Waals surface area contributed by atoms with Crippen LogP contribution in [0.1, 0.15) is 5.56 Å². The third-order valence-electron chi connectivity index (χ3n) is 3.22. The van der Waals surface area contributed by atoms with E-state index in [4.69, 9.17) is 23.2 Å². The van der Waals surface area contributed by atoms with Crippen molar-refractivity contribution in [2.45, 2.75) is 6.18 Å². The second kappa shape index (κ2) is 4.97. The largest absolute Gasteiger partial charge is 0.416 e. The zero-order valence-electron chi connectivity index (χ0n) is 10.4. The van der Waals surface area contributed by atoms with Gasteiger partial charge in [0.05, 0.1) is 15.6 Å². The van der Waals surface area contributed by atoms with Gasteiger partial charge in [-0.3, -0.25) is 0 Å². The van der Waals surface area contributed by atoms with Crippen molar-refractivity contribution in [3.63, 3.8) is 0 Å². The Morgan fingerprint density at radius 2 is 1.67 bits per heavy atom. The number of nitrogens with one attached hydrogen (secondary N) is 1. The maximum atomic E-state index is 12.8. The van der Waals surface area contributed by atoms with Crippen LogP contribution in [0.5, 0.6) is 0 Å². The summed E-state index contributed by atoms with van der Waals surface area (Å²) >= 11 is 11.9. The van der Waals surface area contributed by atoms with Crippen molar-refractivity contribution >= 4 is 34.1 Å². The maximum Gasteiger partial charge on any atom is 0.416 e. The molecule has 3 rings (SSSR count). The molecule has 0 radical (unpaired) electrons. The molecule has 0 bridgehead atoms. The monoisotopic (exact) mass is 329 g/mol. The molecule has 3 aromatic rings. The van der Waals surface area contributed by atoms with Gasteiger partial charge >= 0.3 is 6.18 Å². The molecule has 0 atom stereocenters. The fraction of sp³-hybridized carbons (Fsp3) is 0.0667. The fourth-order valence-corrected chi connectivity index (χ4v) is 2.55. The second-order valence-corrected chi connectivity index (χ2v) is 5.41. The number of halogens is 5. The van der Waals surface area contributed by atoms with Crippen LogP contribution in [0.2, 0.25) is 10.0 Å². The minimum Gasteiger partial charge on any atom is -0.360 e. The van der Waals surface area contributed by atoms with E-state index in [1.807, 2.05) is 0 Å². The van der Waals surface area contributed by atoms with Gasteiger partial charge in [0.15, 0.2) is 0 Å². The van der Waals surface area contributed by atoms with Gasteiger partial charge in [-0.1, -0.05) is 35.3 Å². The molecule has 0 amide bonds. The normalized spacial score (nSPS) is 12.0. The first-order valence-electron chi connectivity index (χ1n) is 6.00. The molecule has 2 aromatic carbocycles. The Hall–Kier alpha value is -1.65. The zero-order chi connectivity index (χ0) is 15.2. The molecule has 0 aliphatic heterocycles. The molecule has 1 aromatic heterocycles. The summed E-state index contributed by atoms with van der Waals surface area (Å²) in [5.74, 6) is 0. The first-order chi connectivity index (χ1) is 9.86. The second-order valence-electron chi connectivity index (χ2n) is 4.59. The van der Waals surface area contributed by atoms with Crippen molar-refractivity contribution in [1.82, 2.24) is 4.98 Å². The predicted octanol–water partition coefficient (Wildman–Crippen LogP) is 6.16. The highest BCUT2D eigenvalue weighted by Gasteiger charge is 2.30. The summed E-state index contributed by atoms with van der Waals surface area (Å²) in [6, 6.07) is 8.46. The van der Waals surface area contributed by atoms with Gasteiger partial charge in [0.25, 0.3) is 0 Å². The molecular weight excluding hydrogens is 322 g/mol. The van der Waals surface area contributed by atoms with E-state index in [0.29, 0.717) is 21.2 Å². The number of hydrogen-bond donors (Lipinski definition) is 1. The molecule has 1 N–H and O–H groups in total. The number of aromatic amines is 1. The molecule has 0 saturated carbocycles. The molecule has 0 saturated heterocycles. The van der Waals surface area contributed by atoms with Crippen LogP contribution in [0.3, 0.4) is 0 Å². The van der Waals surface area contributed by atoms with Crippen molar-refractivity contribution in [3.8, 4) is 11.1 Å². The molecule has 0 aliphatic carbocycles. The van der Waals surface area contributed by atoms with Crippen molar-refractivity contribution < 1.29 is 13.2 Å². The average Bonchev–Trinajstić information content (AvgIpc) is 2.81. The van der Waals surface area contributed by atoms with Gasteiger partial charge in [0.1, 0.15) is 0 Å². The third kappa shape index (κ3) is 2.61. The van der Waals surface area contributed by atoms with E-state index in [-0.39, 0.29) is 0 Å². The summed E-state index contributed by atoms with van der Waals surface area (Å²) in [4.78, 5) is 2.99. The van der Waals surface area contributed by atoms with Crippen molar-refractivity contribution in [3.05, 3.63) is 58.2 Å². The Bertz CT molecular complexity index is 821. The molecule has 1 heterocycles. The topological polar surface area (TPSA) is 15.8 Å². The molecule has 0 spiro atoms. The van der Waals surface area contributed by atoms with Gasteiger partial charge in [0.2, 0.25) is 0 Å². The maximum absolute atomic E-state index is 12.8. The summed E-state index contributed by atoms with van der Waals surface area (Å²) in [6.45, 7) is 0. The van der Waals surface area contributed by atoms with Crippen LogP contribution in [0, 0.1) is 0 Å². The van der Waals surface area contributed by atoms with Crippen LogP contribution in [0.15, 0.2) is 42.6 Å². The molecule has 1 nitrogen and oxygen atoms in total. The Morgan fingerprint density at radius 1 is 0.952 bits per heavy atom. The molecule has 0 aliphatic rings. The number of benzene rings is 2. The van der Waals surface area contributed by atoms with Crippen LogP contribution < -0.4 is 0 Å². The number of H-pyrrole nitrogens is 1. The lowest BCUT2D eigenvalue weighted by atomic mass is 10.0. The minimum atomic E-state index is -4.37. The highest BCUT2D eigenvalue weighted by atomic mass is 35.5. The average molecular weight is 330 g/mol. The quantitative estimate of drug-likeness (QED) is 0.550. The van der Waals surface area contributed by atoms with Gasteiger partial charge in [-0.15, -0.1) is 0 Å². The van der Waals surface area contributed by atoms with Crippen molar-refractivity contribution in [2.24, 2.45) is 0 Å². The Balaban J connectivity index is 2.19. The summed E-state index contributed by atoms with van der Waals surface area (Å²) in [5, 5.41) is 1.47.